The molecule has 1 unspecified atom stereocenters. The SMILES string of the molecule is OCC(CCSc1ccccc1F)NC1CC1. The van der Waals surface area contributed by atoms with Crippen molar-refractivity contribution >= 4 is 11.8 Å². The summed E-state index contributed by atoms with van der Waals surface area (Å²) in [5.74, 6) is 0.666. The molecule has 2 rings (SSSR count). The van der Waals surface area contributed by atoms with E-state index in [0.717, 1.165) is 12.2 Å². The maximum Gasteiger partial charge on any atom is 0.136 e. The van der Waals surface area contributed by atoms with Crippen molar-refractivity contribution in [3.05, 3.63) is 30.1 Å². The van der Waals surface area contributed by atoms with Crippen LogP contribution < -0.4 is 5.32 Å². The van der Waals surface area contributed by atoms with Crippen LogP contribution >= 0.6 is 11.8 Å². The molecule has 1 atom stereocenters. The Morgan fingerprint density at radius 2 is 2.18 bits per heavy atom. The molecule has 1 aliphatic rings. The first-order valence-corrected chi connectivity index (χ1v) is 7.02. The van der Waals surface area contributed by atoms with Crippen LogP contribution in [0.1, 0.15) is 19.3 Å². The molecule has 0 aliphatic heterocycles. The monoisotopic (exact) mass is 255 g/mol. The Morgan fingerprint density at radius 3 is 2.82 bits per heavy atom. The molecule has 0 spiro atoms. The molecular weight excluding hydrogens is 237 g/mol. The zero-order valence-corrected chi connectivity index (χ0v) is 10.5. The molecule has 17 heavy (non-hydrogen) atoms. The summed E-state index contributed by atoms with van der Waals surface area (Å²) in [4.78, 5) is 0.690. The Hall–Kier alpha value is -0.580. The molecule has 1 aliphatic carbocycles. The van der Waals surface area contributed by atoms with Crippen molar-refractivity contribution < 1.29 is 9.50 Å². The average Bonchev–Trinajstić information content (AvgIpc) is 3.14. The van der Waals surface area contributed by atoms with Crippen molar-refractivity contribution in [3.63, 3.8) is 0 Å². The molecule has 1 fully saturated rings. The lowest BCUT2D eigenvalue weighted by Crippen LogP contribution is -2.34. The number of halogens is 1. The third-order valence-corrected chi connectivity index (χ3v) is 3.91. The van der Waals surface area contributed by atoms with Gasteiger partial charge in [-0.2, -0.15) is 0 Å². The Morgan fingerprint density at radius 1 is 1.41 bits per heavy atom. The molecule has 4 heteroatoms. The zero-order valence-electron chi connectivity index (χ0n) is 9.73. The number of benzene rings is 1. The second-order valence-electron chi connectivity index (χ2n) is 4.39. The van der Waals surface area contributed by atoms with Crippen molar-refractivity contribution in [2.75, 3.05) is 12.4 Å². The van der Waals surface area contributed by atoms with Gasteiger partial charge in [0, 0.05) is 17.0 Å². The van der Waals surface area contributed by atoms with Gasteiger partial charge in [0.25, 0.3) is 0 Å². The molecule has 2 nitrogen and oxygen atoms in total. The van der Waals surface area contributed by atoms with Crippen LogP contribution in [-0.2, 0) is 0 Å². The van der Waals surface area contributed by atoms with Crippen LogP contribution in [0.4, 0.5) is 4.39 Å². The van der Waals surface area contributed by atoms with E-state index in [2.05, 4.69) is 5.32 Å². The van der Waals surface area contributed by atoms with Crippen LogP contribution in [0, 0.1) is 5.82 Å². The highest BCUT2D eigenvalue weighted by Gasteiger charge is 2.23. The molecule has 1 aromatic carbocycles. The molecule has 0 saturated heterocycles. The highest BCUT2D eigenvalue weighted by Crippen LogP contribution is 2.23. The summed E-state index contributed by atoms with van der Waals surface area (Å²) in [5.41, 5.74) is 0. The highest BCUT2D eigenvalue weighted by molar-refractivity contribution is 7.99. The van der Waals surface area contributed by atoms with Crippen molar-refractivity contribution in [2.45, 2.75) is 36.2 Å². The van der Waals surface area contributed by atoms with Gasteiger partial charge in [0.05, 0.1) is 6.61 Å². The molecule has 0 radical (unpaired) electrons. The predicted octanol–water partition coefficient (Wildman–Crippen LogP) is 2.42. The molecule has 94 valence electrons. The van der Waals surface area contributed by atoms with Gasteiger partial charge in [-0.05, 0) is 37.1 Å². The van der Waals surface area contributed by atoms with E-state index in [4.69, 9.17) is 0 Å². The minimum Gasteiger partial charge on any atom is -0.395 e. The first-order chi connectivity index (χ1) is 8.29. The van der Waals surface area contributed by atoms with Crippen molar-refractivity contribution in [2.24, 2.45) is 0 Å². The summed E-state index contributed by atoms with van der Waals surface area (Å²) in [6.45, 7) is 0.161. The van der Waals surface area contributed by atoms with E-state index in [9.17, 15) is 9.50 Å². The van der Waals surface area contributed by atoms with Gasteiger partial charge in [0.15, 0.2) is 0 Å². The predicted molar refractivity (Wildman–Crippen MR) is 68.8 cm³/mol. The van der Waals surface area contributed by atoms with E-state index >= 15 is 0 Å². The first kappa shape index (κ1) is 12.9. The van der Waals surface area contributed by atoms with E-state index in [1.165, 1.54) is 30.7 Å². The fraction of sp³-hybridized carbons (Fsp3) is 0.538. The number of aliphatic hydroxyl groups is 1. The van der Waals surface area contributed by atoms with Crippen LogP contribution in [0.3, 0.4) is 0 Å². The minimum absolute atomic E-state index is 0.154. The van der Waals surface area contributed by atoms with E-state index in [1.807, 2.05) is 6.07 Å². The maximum atomic E-state index is 13.3. The standard InChI is InChI=1S/C13H18FNOS/c14-12-3-1-2-4-13(12)17-8-7-11(9-16)15-10-5-6-10/h1-4,10-11,15-16H,5-9H2. The van der Waals surface area contributed by atoms with Crippen molar-refractivity contribution in [1.29, 1.82) is 0 Å². The summed E-state index contributed by atoms with van der Waals surface area (Å²) in [5, 5.41) is 12.6. The normalized spacial score (nSPS) is 17.1. The van der Waals surface area contributed by atoms with Crippen LogP contribution in [-0.4, -0.2) is 29.5 Å². The number of nitrogens with one attached hydrogen (secondary N) is 1. The largest absolute Gasteiger partial charge is 0.395 e. The Balaban J connectivity index is 1.72. The lowest BCUT2D eigenvalue weighted by molar-refractivity contribution is 0.239. The van der Waals surface area contributed by atoms with Crippen LogP contribution in [0.2, 0.25) is 0 Å². The highest BCUT2D eigenvalue weighted by atomic mass is 32.2. The molecule has 2 N–H and O–H groups in total. The van der Waals surface area contributed by atoms with Crippen LogP contribution in [0.25, 0.3) is 0 Å². The Bertz CT molecular complexity index is 357. The summed E-state index contributed by atoms with van der Waals surface area (Å²) >= 11 is 1.51. The zero-order chi connectivity index (χ0) is 12.1. The van der Waals surface area contributed by atoms with Crippen LogP contribution in [0.15, 0.2) is 29.2 Å². The Labute approximate surface area is 106 Å². The van der Waals surface area contributed by atoms with Gasteiger partial charge in [0.2, 0.25) is 0 Å². The second kappa shape index (κ2) is 6.38. The van der Waals surface area contributed by atoms with Gasteiger partial charge < -0.3 is 10.4 Å². The molecule has 1 aromatic rings. The van der Waals surface area contributed by atoms with Crippen LogP contribution in [0.5, 0.6) is 0 Å². The van der Waals surface area contributed by atoms with Gasteiger partial charge in [-0.3, -0.25) is 0 Å². The summed E-state index contributed by atoms with van der Waals surface area (Å²) in [6.07, 6.45) is 3.31. The Kier molecular flexibility index (Phi) is 4.83. The molecular formula is C13H18FNOS. The average molecular weight is 255 g/mol. The summed E-state index contributed by atoms with van der Waals surface area (Å²) in [6, 6.07) is 7.57. The van der Waals surface area contributed by atoms with E-state index in [-0.39, 0.29) is 18.5 Å². The van der Waals surface area contributed by atoms with Gasteiger partial charge >= 0.3 is 0 Å². The van der Waals surface area contributed by atoms with E-state index < -0.39 is 0 Å². The minimum atomic E-state index is -0.159. The fourth-order valence-electron chi connectivity index (χ4n) is 1.68. The second-order valence-corrected chi connectivity index (χ2v) is 5.52. The number of hydrogen-bond donors (Lipinski definition) is 2. The number of rotatable bonds is 7. The van der Waals surface area contributed by atoms with E-state index in [0.29, 0.717) is 10.9 Å². The third-order valence-electron chi connectivity index (χ3n) is 2.83. The van der Waals surface area contributed by atoms with Gasteiger partial charge in [-0.25, -0.2) is 4.39 Å². The van der Waals surface area contributed by atoms with Crippen molar-refractivity contribution in [1.82, 2.24) is 5.32 Å². The number of thioether (sulfide) groups is 1. The van der Waals surface area contributed by atoms with Gasteiger partial charge in [0.1, 0.15) is 5.82 Å². The van der Waals surface area contributed by atoms with Crippen molar-refractivity contribution in [3.8, 4) is 0 Å². The topological polar surface area (TPSA) is 32.3 Å². The molecule has 0 bridgehead atoms. The molecule has 0 amide bonds. The molecule has 0 heterocycles. The van der Waals surface area contributed by atoms with Gasteiger partial charge in [-0.15, -0.1) is 11.8 Å². The van der Waals surface area contributed by atoms with Gasteiger partial charge in [-0.1, -0.05) is 12.1 Å². The maximum absolute atomic E-state index is 13.3. The number of hydrogen-bond acceptors (Lipinski definition) is 3. The molecule has 0 aromatic heterocycles. The lowest BCUT2D eigenvalue weighted by atomic mass is 10.2. The molecule has 1 saturated carbocycles. The van der Waals surface area contributed by atoms with E-state index in [1.54, 1.807) is 12.1 Å². The smallest absolute Gasteiger partial charge is 0.136 e. The summed E-state index contributed by atoms with van der Waals surface area (Å²) in [7, 11) is 0. The first-order valence-electron chi connectivity index (χ1n) is 6.04. The summed E-state index contributed by atoms with van der Waals surface area (Å²) < 4.78 is 13.3. The fourth-order valence-corrected chi connectivity index (χ4v) is 2.69. The lowest BCUT2D eigenvalue weighted by Gasteiger charge is -2.15. The quantitative estimate of drug-likeness (QED) is 0.734. The number of aliphatic hydroxyl groups excluding tert-OH is 1. The third kappa shape index (κ3) is 4.30.